The van der Waals surface area contributed by atoms with Gasteiger partial charge < -0.3 is 9.64 Å². The van der Waals surface area contributed by atoms with Crippen molar-refractivity contribution in [3.63, 3.8) is 0 Å². The fourth-order valence-corrected chi connectivity index (χ4v) is 2.59. The number of nitrogens with zero attached hydrogens (tertiary/aromatic N) is 3. The normalized spacial score (nSPS) is 15.4. The monoisotopic (exact) mass is 321 g/mol. The predicted molar refractivity (Wildman–Crippen MR) is 87.6 cm³/mol. The Bertz CT molecular complexity index is 542. The molecule has 1 saturated heterocycles. The lowest BCUT2D eigenvalue weighted by Crippen LogP contribution is -2.48. The Morgan fingerprint density at radius 2 is 1.96 bits per heavy atom. The number of benzene rings is 1. The van der Waals surface area contributed by atoms with Crippen molar-refractivity contribution in [3.05, 3.63) is 34.4 Å². The summed E-state index contributed by atoms with van der Waals surface area (Å²) in [5.41, 5.74) is 0.766. The molecule has 1 fully saturated rings. The second-order valence-corrected chi connectivity index (χ2v) is 5.58. The molecule has 0 amide bonds. The molecule has 1 aromatic rings. The third-order valence-electron chi connectivity index (χ3n) is 3.91. The summed E-state index contributed by atoms with van der Waals surface area (Å²) in [5, 5.41) is 11.1. The van der Waals surface area contributed by atoms with Crippen LogP contribution >= 0.6 is 0 Å². The van der Waals surface area contributed by atoms with Crippen molar-refractivity contribution < 1.29 is 14.5 Å². The van der Waals surface area contributed by atoms with Crippen molar-refractivity contribution in [2.24, 2.45) is 0 Å². The van der Waals surface area contributed by atoms with E-state index in [4.69, 9.17) is 4.74 Å². The van der Waals surface area contributed by atoms with E-state index in [0.717, 1.165) is 12.8 Å². The topological polar surface area (TPSA) is 75.9 Å². The van der Waals surface area contributed by atoms with Crippen molar-refractivity contribution in [1.82, 2.24) is 4.90 Å². The number of nitro groups is 1. The maximum absolute atomic E-state index is 11.7. The number of carbonyl (C=O) groups is 1. The van der Waals surface area contributed by atoms with E-state index in [1.165, 1.54) is 6.07 Å². The van der Waals surface area contributed by atoms with E-state index in [1.807, 2.05) is 9.80 Å². The lowest BCUT2D eigenvalue weighted by atomic mass is 10.2. The zero-order valence-corrected chi connectivity index (χ0v) is 13.4. The molecule has 2 rings (SSSR count). The fraction of sp³-hybridized carbons (Fsp3) is 0.562. The largest absolute Gasteiger partial charge is 0.465 e. The molecule has 1 aromatic carbocycles. The third-order valence-corrected chi connectivity index (χ3v) is 3.91. The van der Waals surface area contributed by atoms with Gasteiger partial charge in [-0.25, -0.2) is 0 Å². The van der Waals surface area contributed by atoms with Crippen molar-refractivity contribution in [3.8, 4) is 0 Å². The van der Waals surface area contributed by atoms with E-state index in [2.05, 4.69) is 6.92 Å². The van der Waals surface area contributed by atoms with Crippen molar-refractivity contribution in [2.45, 2.75) is 19.8 Å². The standard InChI is InChI=1S/C16H23N3O4/c1-2-3-12-23-16(20)13-17-8-10-18(11-9-17)14-6-4-5-7-15(14)19(21)22/h4-7H,2-3,8-13H2,1H3. The van der Waals surface area contributed by atoms with Crippen LogP contribution < -0.4 is 4.90 Å². The summed E-state index contributed by atoms with van der Waals surface area (Å²) in [6, 6.07) is 6.77. The maximum Gasteiger partial charge on any atom is 0.320 e. The van der Waals surface area contributed by atoms with Gasteiger partial charge in [-0.1, -0.05) is 25.5 Å². The zero-order chi connectivity index (χ0) is 16.7. The Labute approximate surface area is 136 Å². The van der Waals surface area contributed by atoms with Crippen molar-refractivity contribution in [2.75, 3.05) is 44.2 Å². The zero-order valence-electron chi connectivity index (χ0n) is 13.4. The van der Waals surface area contributed by atoms with Crippen molar-refractivity contribution >= 4 is 17.3 Å². The molecule has 1 heterocycles. The van der Waals surface area contributed by atoms with Gasteiger partial charge >= 0.3 is 5.97 Å². The summed E-state index contributed by atoms with van der Waals surface area (Å²) >= 11 is 0. The molecule has 7 heteroatoms. The molecule has 23 heavy (non-hydrogen) atoms. The second kappa shape index (κ2) is 8.47. The van der Waals surface area contributed by atoms with Crippen molar-refractivity contribution in [1.29, 1.82) is 0 Å². The summed E-state index contributed by atoms with van der Waals surface area (Å²) in [6.07, 6.45) is 1.89. The van der Waals surface area contributed by atoms with Gasteiger partial charge in [0.25, 0.3) is 5.69 Å². The predicted octanol–water partition coefficient (Wildman–Crippen LogP) is 2.06. The highest BCUT2D eigenvalue weighted by molar-refractivity contribution is 5.71. The van der Waals surface area contributed by atoms with Gasteiger partial charge in [-0.05, 0) is 12.5 Å². The third kappa shape index (κ3) is 4.92. The SMILES string of the molecule is CCCCOC(=O)CN1CCN(c2ccccc2[N+](=O)[O-])CC1. The van der Waals surface area contributed by atoms with Crippen LogP contribution in [-0.4, -0.2) is 55.1 Å². The van der Waals surface area contributed by atoms with Crippen LogP contribution in [0.25, 0.3) is 0 Å². The molecule has 1 aliphatic rings. The number of carbonyl (C=O) groups excluding carboxylic acids is 1. The Morgan fingerprint density at radius 3 is 2.61 bits per heavy atom. The first-order valence-corrected chi connectivity index (χ1v) is 7.98. The lowest BCUT2D eigenvalue weighted by Gasteiger charge is -2.35. The molecule has 0 spiro atoms. The molecule has 0 unspecified atom stereocenters. The first-order chi connectivity index (χ1) is 11.1. The Hall–Kier alpha value is -2.15. The van der Waals surface area contributed by atoms with Gasteiger partial charge in [-0.3, -0.25) is 19.8 Å². The highest BCUT2D eigenvalue weighted by Gasteiger charge is 2.24. The average Bonchev–Trinajstić information content (AvgIpc) is 2.56. The molecule has 126 valence electrons. The van der Waals surface area contributed by atoms with E-state index in [0.29, 0.717) is 38.5 Å². The van der Waals surface area contributed by atoms with Crippen LogP contribution in [0.3, 0.4) is 0 Å². The minimum Gasteiger partial charge on any atom is -0.465 e. The fourth-order valence-electron chi connectivity index (χ4n) is 2.59. The molecule has 0 radical (unpaired) electrons. The van der Waals surface area contributed by atoms with E-state index >= 15 is 0 Å². The van der Waals surface area contributed by atoms with Gasteiger partial charge in [-0.15, -0.1) is 0 Å². The van der Waals surface area contributed by atoms with E-state index in [-0.39, 0.29) is 23.1 Å². The number of rotatable bonds is 7. The summed E-state index contributed by atoms with van der Waals surface area (Å²) in [6.45, 7) is 5.51. The van der Waals surface area contributed by atoms with E-state index in [1.54, 1.807) is 18.2 Å². The summed E-state index contributed by atoms with van der Waals surface area (Å²) < 4.78 is 5.16. The number of anilines is 1. The molecule has 1 aliphatic heterocycles. The van der Waals surface area contributed by atoms with E-state index in [9.17, 15) is 14.9 Å². The Kier molecular flexibility index (Phi) is 6.34. The molecule has 0 saturated carbocycles. The number of ether oxygens (including phenoxy) is 1. The van der Waals surface area contributed by atoms with E-state index < -0.39 is 0 Å². The highest BCUT2D eigenvalue weighted by Crippen LogP contribution is 2.28. The summed E-state index contributed by atoms with van der Waals surface area (Å²) in [5.74, 6) is -0.197. The molecule has 7 nitrogen and oxygen atoms in total. The quantitative estimate of drug-likeness (QED) is 0.331. The van der Waals surface area contributed by atoms with Crippen LogP contribution in [0.1, 0.15) is 19.8 Å². The molecular formula is C16H23N3O4. The van der Waals surface area contributed by atoms with Crippen LogP contribution in [0.5, 0.6) is 0 Å². The first kappa shape index (κ1) is 17.2. The number of hydrogen-bond donors (Lipinski definition) is 0. The van der Waals surface area contributed by atoms with Gasteiger partial charge in [0.2, 0.25) is 0 Å². The van der Waals surface area contributed by atoms with Gasteiger partial charge in [0, 0.05) is 32.2 Å². The number of unbranched alkanes of at least 4 members (excludes halogenated alkanes) is 1. The van der Waals surface area contributed by atoms with Gasteiger partial charge in [0.05, 0.1) is 18.1 Å². The molecule has 0 bridgehead atoms. The van der Waals surface area contributed by atoms with Gasteiger partial charge in [-0.2, -0.15) is 0 Å². The van der Waals surface area contributed by atoms with Crippen LogP contribution in [-0.2, 0) is 9.53 Å². The van der Waals surface area contributed by atoms with Crippen LogP contribution in [0.15, 0.2) is 24.3 Å². The molecule has 0 N–H and O–H groups in total. The number of nitro benzene ring substituents is 1. The molecule has 0 aliphatic carbocycles. The smallest absolute Gasteiger partial charge is 0.320 e. The average molecular weight is 321 g/mol. The Morgan fingerprint density at radius 1 is 1.26 bits per heavy atom. The summed E-state index contributed by atoms with van der Waals surface area (Å²) in [4.78, 5) is 26.5. The molecular weight excluding hydrogens is 298 g/mol. The minimum absolute atomic E-state index is 0.125. The Balaban J connectivity index is 1.85. The lowest BCUT2D eigenvalue weighted by molar-refractivity contribution is -0.384. The number of hydrogen-bond acceptors (Lipinski definition) is 6. The van der Waals surface area contributed by atoms with Crippen LogP contribution in [0.4, 0.5) is 11.4 Å². The second-order valence-electron chi connectivity index (χ2n) is 5.58. The number of para-hydroxylation sites is 2. The van der Waals surface area contributed by atoms with Crippen LogP contribution in [0.2, 0.25) is 0 Å². The highest BCUT2D eigenvalue weighted by atomic mass is 16.6. The van der Waals surface area contributed by atoms with Gasteiger partial charge in [0.15, 0.2) is 0 Å². The number of esters is 1. The minimum atomic E-state index is -0.354. The maximum atomic E-state index is 11.7. The first-order valence-electron chi connectivity index (χ1n) is 7.98. The number of piperazine rings is 1. The summed E-state index contributed by atoms with van der Waals surface area (Å²) in [7, 11) is 0. The van der Waals surface area contributed by atoms with Crippen LogP contribution in [0, 0.1) is 10.1 Å². The van der Waals surface area contributed by atoms with Gasteiger partial charge in [0.1, 0.15) is 5.69 Å². The molecule has 0 atom stereocenters. The molecule has 0 aromatic heterocycles.